The first-order chi connectivity index (χ1) is 4.74. The van der Waals surface area contributed by atoms with Crippen LogP contribution in [0.1, 0.15) is 13.3 Å². The van der Waals surface area contributed by atoms with Gasteiger partial charge in [0.05, 0.1) is 0 Å². The van der Waals surface area contributed by atoms with Gasteiger partial charge in [-0.1, -0.05) is 6.92 Å². The van der Waals surface area contributed by atoms with E-state index in [1.807, 2.05) is 0 Å². The Morgan fingerprint density at radius 1 is 1.70 bits per heavy atom. The molecule has 1 aliphatic heterocycles. The molecule has 1 aliphatic rings. The number of rotatable bonds is 1. The molecule has 0 aromatic rings. The molecule has 0 amide bonds. The second-order valence-electron chi connectivity index (χ2n) is 3.20. The number of hydrogen-bond acceptors (Lipinski definition) is 2. The zero-order valence-corrected chi connectivity index (χ0v) is 6.45. The molecule has 1 heterocycles. The lowest BCUT2D eigenvalue weighted by Crippen LogP contribution is -2.39. The summed E-state index contributed by atoms with van der Waals surface area (Å²) in [5, 5.41) is 8.90. The third kappa shape index (κ3) is 1.73. The summed E-state index contributed by atoms with van der Waals surface area (Å²) >= 11 is 0. The van der Waals surface area contributed by atoms with Gasteiger partial charge in [-0.2, -0.15) is 0 Å². The summed E-state index contributed by atoms with van der Waals surface area (Å²) in [5.74, 6) is 1.02. The van der Waals surface area contributed by atoms with E-state index in [2.05, 4.69) is 6.92 Å². The number of nitrogens with zero attached hydrogens (tertiary/aromatic N) is 1. The molecule has 2 atom stereocenters. The first-order valence-corrected chi connectivity index (χ1v) is 3.84. The normalized spacial score (nSPS) is 36.2. The van der Waals surface area contributed by atoms with E-state index in [4.69, 9.17) is 13.1 Å². The van der Waals surface area contributed by atoms with Gasteiger partial charge in [0.25, 0.3) is 0 Å². The highest BCUT2D eigenvalue weighted by atomic mass is 16.3. The van der Waals surface area contributed by atoms with E-state index >= 15 is 0 Å². The minimum Gasteiger partial charge on any atom is -0.396 e. The molecule has 0 aromatic carbocycles. The molecule has 1 N–H and O–H groups in total. The molecule has 1 rings (SSSR count). The Kier molecular flexibility index (Phi) is 2.75. The van der Waals surface area contributed by atoms with Crippen LogP contribution in [0.2, 0.25) is 0 Å². The lowest BCUT2D eigenvalue weighted by molar-refractivity contribution is 0.121. The van der Waals surface area contributed by atoms with Crippen molar-refractivity contribution in [2.24, 2.45) is 11.8 Å². The van der Waals surface area contributed by atoms with Crippen LogP contribution in [0.3, 0.4) is 0 Å². The van der Waals surface area contributed by atoms with Crippen molar-refractivity contribution in [3.8, 4) is 0 Å². The zero-order chi connectivity index (χ0) is 7.56. The van der Waals surface area contributed by atoms with E-state index in [1.165, 1.54) is 0 Å². The van der Waals surface area contributed by atoms with Gasteiger partial charge < -0.3 is 9.92 Å². The Morgan fingerprint density at radius 2 is 2.40 bits per heavy atom. The molecule has 56 valence electrons. The van der Waals surface area contributed by atoms with Crippen LogP contribution in [0.15, 0.2) is 0 Å². The predicted octanol–water partition coefficient (Wildman–Crippen LogP) is 0.0202. The Balaban J connectivity index is 2.38. The van der Waals surface area contributed by atoms with Crippen LogP contribution in [0.25, 0.3) is 0 Å². The molecule has 2 radical (unpaired) electrons. The molecule has 0 aromatic heterocycles. The monoisotopic (exact) mass is 139 g/mol. The fraction of sp³-hybridized carbons (Fsp3) is 1.00. The molecule has 2 nitrogen and oxygen atoms in total. The quantitative estimate of drug-likeness (QED) is 0.517. The molecule has 2 unspecified atom stereocenters. The number of hydrogen-bond donors (Lipinski definition) is 1. The molecule has 1 fully saturated rings. The van der Waals surface area contributed by atoms with Crippen LogP contribution in [0, 0.1) is 11.8 Å². The number of piperidine rings is 1. The first kappa shape index (κ1) is 8.09. The summed E-state index contributed by atoms with van der Waals surface area (Å²) in [7, 11) is 5.59. The second kappa shape index (κ2) is 3.40. The van der Waals surface area contributed by atoms with Crippen LogP contribution in [0.5, 0.6) is 0 Å². The lowest BCUT2D eigenvalue weighted by atomic mass is 9.86. The Hall–Kier alpha value is -0.0151. The number of aliphatic hydroxyl groups excluding tert-OH is 1. The van der Waals surface area contributed by atoms with E-state index in [1.54, 1.807) is 4.81 Å². The maximum Gasteiger partial charge on any atom is 0.182 e. The summed E-state index contributed by atoms with van der Waals surface area (Å²) in [5.41, 5.74) is 0. The summed E-state index contributed by atoms with van der Waals surface area (Å²) in [4.78, 5) is 1.79. The summed E-state index contributed by atoms with van der Waals surface area (Å²) < 4.78 is 0. The molecular weight excluding hydrogens is 125 g/mol. The Morgan fingerprint density at radius 3 is 2.90 bits per heavy atom. The third-order valence-corrected chi connectivity index (χ3v) is 2.38. The summed E-state index contributed by atoms with van der Waals surface area (Å²) in [6, 6.07) is 0. The van der Waals surface area contributed by atoms with Gasteiger partial charge in [-0.15, -0.1) is 0 Å². The second-order valence-corrected chi connectivity index (χ2v) is 3.20. The minimum absolute atomic E-state index is 0.273. The maximum absolute atomic E-state index is 8.90. The number of aliphatic hydroxyl groups is 1. The zero-order valence-electron chi connectivity index (χ0n) is 6.45. The maximum atomic E-state index is 8.90. The topological polar surface area (TPSA) is 23.5 Å². The van der Waals surface area contributed by atoms with Gasteiger partial charge in [-0.05, 0) is 31.3 Å². The van der Waals surface area contributed by atoms with Gasteiger partial charge in [-0.3, -0.25) is 0 Å². The smallest absolute Gasteiger partial charge is 0.182 e. The highest BCUT2D eigenvalue weighted by molar-refractivity contribution is 6.04. The van der Waals surface area contributed by atoms with Crippen molar-refractivity contribution in [1.82, 2.24) is 4.81 Å². The van der Waals surface area contributed by atoms with Gasteiger partial charge in [-0.25, -0.2) is 0 Å². The van der Waals surface area contributed by atoms with E-state index < -0.39 is 0 Å². The largest absolute Gasteiger partial charge is 0.396 e. The van der Waals surface area contributed by atoms with Gasteiger partial charge in [0.1, 0.15) is 0 Å². The average molecular weight is 139 g/mol. The van der Waals surface area contributed by atoms with Crippen molar-refractivity contribution in [1.29, 1.82) is 0 Å². The fourth-order valence-electron chi connectivity index (χ4n) is 1.42. The Bertz CT molecular complexity index is 110. The Labute approximate surface area is 63.7 Å². The van der Waals surface area contributed by atoms with Gasteiger partial charge >= 0.3 is 0 Å². The van der Waals surface area contributed by atoms with Crippen LogP contribution in [-0.2, 0) is 0 Å². The van der Waals surface area contributed by atoms with E-state index in [0.717, 1.165) is 19.5 Å². The highest BCUT2D eigenvalue weighted by Crippen LogP contribution is 2.20. The van der Waals surface area contributed by atoms with Crippen LogP contribution in [-0.4, -0.2) is 37.6 Å². The summed E-state index contributed by atoms with van der Waals surface area (Å²) in [6.45, 7) is 4.26. The van der Waals surface area contributed by atoms with Crippen molar-refractivity contribution in [3.05, 3.63) is 0 Å². The lowest BCUT2D eigenvalue weighted by Gasteiger charge is -2.34. The van der Waals surface area contributed by atoms with Crippen molar-refractivity contribution >= 4 is 7.98 Å². The molecular formula is C7H14BNO. The molecule has 0 spiro atoms. The van der Waals surface area contributed by atoms with Gasteiger partial charge in [0.15, 0.2) is 7.98 Å². The van der Waals surface area contributed by atoms with Gasteiger partial charge in [0.2, 0.25) is 0 Å². The fourth-order valence-corrected chi connectivity index (χ4v) is 1.42. The highest BCUT2D eigenvalue weighted by Gasteiger charge is 2.22. The van der Waals surface area contributed by atoms with Crippen LogP contribution in [0.4, 0.5) is 0 Å². The van der Waals surface area contributed by atoms with E-state index in [9.17, 15) is 0 Å². The van der Waals surface area contributed by atoms with Crippen molar-refractivity contribution in [2.45, 2.75) is 13.3 Å². The van der Waals surface area contributed by atoms with Gasteiger partial charge in [0, 0.05) is 6.61 Å². The molecule has 0 saturated carbocycles. The minimum atomic E-state index is 0.273. The standard InChI is InChI=1S/C7H14BNO/c1-6-2-3-9(8)4-7(6)5-10/h6-7,10H,2-5H2,1H3. The van der Waals surface area contributed by atoms with E-state index in [0.29, 0.717) is 11.8 Å². The molecule has 10 heavy (non-hydrogen) atoms. The first-order valence-electron chi connectivity index (χ1n) is 3.84. The summed E-state index contributed by atoms with van der Waals surface area (Å²) in [6.07, 6.45) is 1.11. The molecule has 0 bridgehead atoms. The van der Waals surface area contributed by atoms with Crippen LogP contribution >= 0.6 is 0 Å². The predicted molar refractivity (Wildman–Crippen MR) is 41.7 cm³/mol. The van der Waals surface area contributed by atoms with Crippen molar-refractivity contribution in [3.63, 3.8) is 0 Å². The average Bonchev–Trinajstić information content (AvgIpc) is 1.94. The molecule has 3 heteroatoms. The molecule has 0 aliphatic carbocycles. The molecule has 1 saturated heterocycles. The SMILES string of the molecule is [B]N1CCC(C)C(CO)C1. The third-order valence-electron chi connectivity index (χ3n) is 2.38. The van der Waals surface area contributed by atoms with E-state index in [-0.39, 0.29) is 6.61 Å². The van der Waals surface area contributed by atoms with Crippen molar-refractivity contribution in [2.75, 3.05) is 19.7 Å². The van der Waals surface area contributed by atoms with Crippen LogP contribution < -0.4 is 0 Å². The van der Waals surface area contributed by atoms with Crippen molar-refractivity contribution < 1.29 is 5.11 Å².